The molecule has 2 N–H and O–H groups in total. The van der Waals surface area contributed by atoms with E-state index in [0.717, 1.165) is 57.0 Å². The van der Waals surface area contributed by atoms with Gasteiger partial charge >= 0.3 is 6.03 Å². The standard InChI is InChI=1S/C26H36N4O2/c1-32-24-12-10-23(11-13-24)25(22-8-9-22)28-26(31)27-14-5-15-29-16-18-30(19-17-29)20-21-6-3-2-4-7-21/h2-4,6-7,10-13,22,25H,5,8-9,14-20H2,1H3,(H2,27,28,31). The summed E-state index contributed by atoms with van der Waals surface area (Å²) in [6, 6.07) is 18.7. The monoisotopic (exact) mass is 436 g/mol. The summed E-state index contributed by atoms with van der Waals surface area (Å²) in [7, 11) is 1.67. The maximum absolute atomic E-state index is 12.5. The van der Waals surface area contributed by atoms with E-state index >= 15 is 0 Å². The summed E-state index contributed by atoms with van der Waals surface area (Å²) in [5.41, 5.74) is 2.53. The molecule has 1 saturated carbocycles. The van der Waals surface area contributed by atoms with E-state index in [1.54, 1.807) is 7.11 Å². The lowest BCUT2D eigenvalue weighted by Gasteiger charge is -2.34. The number of methoxy groups -OCH3 is 1. The fourth-order valence-electron chi connectivity index (χ4n) is 4.42. The molecule has 2 amide bonds. The lowest BCUT2D eigenvalue weighted by Crippen LogP contribution is -2.46. The van der Waals surface area contributed by atoms with Crippen molar-refractivity contribution < 1.29 is 9.53 Å². The number of carbonyl (C=O) groups is 1. The molecule has 2 fully saturated rings. The predicted molar refractivity (Wildman–Crippen MR) is 128 cm³/mol. The van der Waals surface area contributed by atoms with Gasteiger partial charge < -0.3 is 20.3 Å². The van der Waals surface area contributed by atoms with Crippen molar-refractivity contribution in [3.05, 3.63) is 65.7 Å². The summed E-state index contributed by atoms with van der Waals surface area (Å²) < 4.78 is 5.25. The molecule has 1 aliphatic carbocycles. The van der Waals surface area contributed by atoms with Crippen LogP contribution in [0.1, 0.15) is 36.4 Å². The Morgan fingerprint density at radius 1 is 1.00 bits per heavy atom. The van der Waals surface area contributed by atoms with E-state index in [1.165, 1.54) is 18.4 Å². The van der Waals surface area contributed by atoms with Crippen LogP contribution in [0.2, 0.25) is 0 Å². The first-order valence-electron chi connectivity index (χ1n) is 11.9. The first-order chi connectivity index (χ1) is 15.7. The number of nitrogens with one attached hydrogen (secondary N) is 2. The summed E-state index contributed by atoms with van der Waals surface area (Å²) in [6.45, 7) is 7.18. The number of amides is 2. The quantitative estimate of drug-likeness (QED) is 0.558. The van der Waals surface area contributed by atoms with Gasteiger partial charge in [-0.3, -0.25) is 4.90 Å². The highest BCUT2D eigenvalue weighted by atomic mass is 16.5. The fraction of sp³-hybridized carbons (Fsp3) is 0.500. The molecule has 4 rings (SSSR count). The molecule has 1 unspecified atom stereocenters. The molecule has 6 heteroatoms. The lowest BCUT2D eigenvalue weighted by atomic mass is 10.0. The van der Waals surface area contributed by atoms with E-state index < -0.39 is 0 Å². The molecule has 0 spiro atoms. The summed E-state index contributed by atoms with van der Waals surface area (Å²) in [5.74, 6) is 1.38. The van der Waals surface area contributed by atoms with E-state index in [0.29, 0.717) is 12.5 Å². The molecule has 2 aromatic rings. The summed E-state index contributed by atoms with van der Waals surface area (Å²) in [4.78, 5) is 17.5. The van der Waals surface area contributed by atoms with Crippen LogP contribution in [0.15, 0.2) is 54.6 Å². The van der Waals surface area contributed by atoms with Gasteiger partial charge in [0.25, 0.3) is 0 Å². The van der Waals surface area contributed by atoms with E-state index in [2.05, 4.69) is 62.9 Å². The third-order valence-corrected chi connectivity index (χ3v) is 6.51. The highest BCUT2D eigenvalue weighted by molar-refractivity contribution is 5.74. The third kappa shape index (κ3) is 6.71. The van der Waals surface area contributed by atoms with Gasteiger partial charge in [0.15, 0.2) is 0 Å². The number of carbonyl (C=O) groups excluding carboxylic acids is 1. The maximum atomic E-state index is 12.5. The number of piperazine rings is 1. The van der Waals surface area contributed by atoms with Crippen LogP contribution in [-0.2, 0) is 6.54 Å². The molecule has 1 atom stereocenters. The minimum Gasteiger partial charge on any atom is -0.497 e. The Labute approximate surface area is 191 Å². The van der Waals surface area contributed by atoms with Gasteiger partial charge in [-0.15, -0.1) is 0 Å². The highest BCUT2D eigenvalue weighted by Gasteiger charge is 2.33. The zero-order valence-electron chi connectivity index (χ0n) is 19.1. The molecule has 0 bridgehead atoms. The molecule has 1 saturated heterocycles. The van der Waals surface area contributed by atoms with E-state index in [1.807, 2.05) is 12.1 Å². The van der Waals surface area contributed by atoms with E-state index in [-0.39, 0.29) is 12.1 Å². The van der Waals surface area contributed by atoms with E-state index in [9.17, 15) is 4.79 Å². The molecule has 2 aromatic carbocycles. The Bertz CT molecular complexity index is 831. The van der Waals surface area contributed by atoms with Crippen molar-refractivity contribution in [2.45, 2.75) is 31.8 Å². The van der Waals surface area contributed by atoms with Crippen molar-refractivity contribution in [3.63, 3.8) is 0 Å². The molecular formula is C26H36N4O2. The van der Waals surface area contributed by atoms with E-state index in [4.69, 9.17) is 4.74 Å². The first kappa shape index (κ1) is 22.6. The molecule has 1 aliphatic heterocycles. The average molecular weight is 437 g/mol. The Morgan fingerprint density at radius 3 is 2.34 bits per heavy atom. The molecular weight excluding hydrogens is 400 g/mol. The van der Waals surface area contributed by atoms with Crippen LogP contribution in [0.5, 0.6) is 5.75 Å². The summed E-state index contributed by atoms with van der Waals surface area (Å²) >= 11 is 0. The average Bonchev–Trinajstić information content (AvgIpc) is 3.67. The summed E-state index contributed by atoms with van der Waals surface area (Å²) in [6.07, 6.45) is 3.32. The summed E-state index contributed by atoms with van der Waals surface area (Å²) in [5, 5.41) is 6.25. The third-order valence-electron chi connectivity index (χ3n) is 6.51. The number of hydrogen-bond donors (Lipinski definition) is 2. The van der Waals surface area contributed by atoms with Gasteiger partial charge in [-0.2, -0.15) is 0 Å². The normalized spacial score (nSPS) is 18.2. The smallest absolute Gasteiger partial charge is 0.315 e. The largest absolute Gasteiger partial charge is 0.497 e. The van der Waals surface area contributed by atoms with Gasteiger partial charge in [-0.25, -0.2) is 4.79 Å². The van der Waals surface area contributed by atoms with Crippen molar-refractivity contribution in [1.82, 2.24) is 20.4 Å². The van der Waals surface area contributed by atoms with Crippen molar-refractivity contribution in [2.24, 2.45) is 5.92 Å². The van der Waals surface area contributed by atoms with Crippen molar-refractivity contribution in [3.8, 4) is 5.75 Å². The Morgan fingerprint density at radius 2 is 1.69 bits per heavy atom. The molecule has 32 heavy (non-hydrogen) atoms. The lowest BCUT2D eigenvalue weighted by molar-refractivity contribution is 0.126. The molecule has 1 heterocycles. The van der Waals surface area contributed by atoms with Crippen molar-refractivity contribution in [2.75, 3.05) is 46.4 Å². The van der Waals surface area contributed by atoms with Gasteiger partial charge in [-0.1, -0.05) is 42.5 Å². The van der Waals surface area contributed by atoms with Crippen molar-refractivity contribution >= 4 is 6.03 Å². The van der Waals surface area contributed by atoms with Crippen LogP contribution >= 0.6 is 0 Å². The second-order valence-corrected chi connectivity index (χ2v) is 8.95. The molecule has 172 valence electrons. The topological polar surface area (TPSA) is 56.8 Å². The van der Waals surface area contributed by atoms with Gasteiger partial charge in [-0.05, 0) is 55.0 Å². The van der Waals surface area contributed by atoms with Gasteiger partial charge in [0.2, 0.25) is 0 Å². The molecule has 0 radical (unpaired) electrons. The minimum absolute atomic E-state index is 0.0644. The van der Waals surface area contributed by atoms with Crippen LogP contribution in [0.4, 0.5) is 4.79 Å². The number of rotatable bonds is 10. The van der Waals surface area contributed by atoms with Crippen LogP contribution in [-0.4, -0.2) is 62.2 Å². The minimum atomic E-state index is -0.0644. The van der Waals surface area contributed by atoms with Gasteiger partial charge in [0, 0.05) is 39.3 Å². The van der Waals surface area contributed by atoms with Crippen LogP contribution in [0.25, 0.3) is 0 Å². The SMILES string of the molecule is COc1ccc(C(NC(=O)NCCCN2CCN(Cc3ccccc3)CC2)C2CC2)cc1. The van der Waals surface area contributed by atoms with Crippen LogP contribution < -0.4 is 15.4 Å². The Kier molecular flexibility index (Phi) is 8.02. The van der Waals surface area contributed by atoms with Gasteiger partial charge in [0.1, 0.15) is 5.75 Å². The maximum Gasteiger partial charge on any atom is 0.315 e. The first-order valence-corrected chi connectivity index (χ1v) is 11.9. The van der Waals surface area contributed by atoms with Gasteiger partial charge in [0.05, 0.1) is 13.2 Å². The zero-order valence-corrected chi connectivity index (χ0v) is 19.1. The predicted octanol–water partition coefficient (Wildman–Crippen LogP) is 3.65. The second-order valence-electron chi connectivity index (χ2n) is 8.95. The van der Waals surface area contributed by atoms with Crippen LogP contribution in [0.3, 0.4) is 0 Å². The highest BCUT2D eigenvalue weighted by Crippen LogP contribution is 2.41. The van der Waals surface area contributed by atoms with Crippen LogP contribution in [0, 0.1) is 5.92 Å². The number of benzene rings is 2. The Balaban J connectivity index is 1.12. The number of nitrogens with zero attached hydrogens (tertiary/aromatic N) is 2. The molecule has 0 aromatic heterocycles. The zero-order chi connectivity index (χ0) is 22.2. The fourth-order valence-corrected chi connectivity index (χ4v) is 4.42. The molecule has 2 aliphatic rings. The number of hydrogen-bond acceptors (Lipinski definition) is 4. The van der Waals surface area contributed by atoms with Crippen molar-refractivity contribution in [1.29, 1.82) is 0 Å². The second kappa shape index (κ2) is 11.3. The number of urea groups is 1. The molecule has 6 nitrogen and oxygen atoms in total. The number of ether oxygens (including phenoxy) is 1. The Hall–Kier alpha value is -2.57.